The van der Waals surface area contributed by atoms with Crippen molar-refractivity contribution in [1.29, 1.82) is 0 Å². The molecule has 1 aliphatic carbocycles. The van der Waals surface area contributed by atoms with Crippen molar-refractivity contribution < 1.29 is 14.1 Å². The molecule has 4 rings (SSSR count). The van der Waals surface area contributed by atoms with E-state index in [0.717, 1.165) is 23.3 Å². The Bertz CT molecular complexity index is 1190. The Morgan fingerprint density at radius 2 is 1.91 bits per heavy atom. The molecule has 33 heavy (non-hydrogen) atoms. The molecule has 2 aromatic heterocycles. The molecule has 1 aromatic carbocycles. The largest absolute Gasteiger partial charge is 0.383 e. The van der Waals surface area contributed by atoms with E-state index in [2.05, 4.69) is 24.1 Å². The van der Waals surface area contributed by atoms with E-state index in [1.807, 2.05) is 44.2 Å². The Morgan fingerprint density at radius 3 is 2.45 bits per heavy atom. The summed E-state index contributed by atoms with van der Waals surface area (Å²) in [7, 11) is 0. The third-order valence-corrected chi connectivity index (χ3v) is 6.63. The second-order valence-electron chi connectivity index (χ2n) is 9.90. The van der Waals surface area contributed by atoms with Crippen molar-refractivity contribution in [2.45, 2.75) is 65.3 Å². The van der Waals surface area contributed by atoms with Gasteiger partial charge >= 0.3 is 0 Å². The van der Waals surface area contributed by atoms with Crippen molar-refractivity contribution in [2.24, 2.45) is 11.1 Å². The van der Waals surface area contributed by atoms with E-state index in [-0.39, 0.29) is 41.5 Å². The summed E-state index contributed by atoms with van der Waals surface area (Å²) in [6.07, 6.45) is 2.79. The van der Waals surface area contributed by atoms with Gasteiger partial charge in [0.2, 0.25) is 0 Å². The molecule has 1 fully saturated rings. The molecule has 174 valence electrons. The quantitative estimate of drug-likeness (QED) is 0.533. The number of benzene rings is 1. The summed E-state index contributed by atoms with van der Waals surface area (Å²) >= 11 is 0. The molecule has 3 aromatic rings. The van der Waals surface area contributed by atoms with Gasteiger partial charge in [-0.2, -0.15) is 5.10 Å². The molecule has 0 spiro atoms. The van der Waals surface area contributed by atoms with Gasteiger partial charge in [-0.1, -0.05) is 43.3 Å². The van der Waals surface area contributed by atoms with E-state index in [4.69, 9.17) is 16.0 Å². The number of anilines is 1. The van der Waals surface area contributed by atoms with E-state index in [0.29, 0.717) is 17.3 Å². The lowest BCUT2D eigenvalue weighted by Crippen LogP contribution is -2.32. The maximum atomic E-state index is 12.6. The van der Waals surface area contributed by atoms with Crippen molar-refractivity contribution in [3.63, 3.8) is 0 Å². The molecule has 0 saturated heterocycles. The minimum absolute atomic E-state index is 0.0128. The van der Waals surface area contributed by atoms with Crippen LogP contribution in [0.15, 0.2) is 34.9 Å². The number of Topliss-reactive ketones (excluding diaryl/α,β-unsaturated/α-hetero) is 1. The fourth-order valence-corrected chi connectivity index (χ4v) is 4.53. The number of ketones is 1. The molecule has 8 nitrogen and oxygen atoms in total. The molecule has 0 bridgehead atoms. The molecular weight excluding hydrogens is 418 g/mol. The van der Waals surface area contributed by atoms with Gasteiger partial charge in [-0.15, -0.1) is 0 Å². The van der Waals surface area contributed by atoms with Gasteiger partial charge < -0.3 is 16.0 Å². The molecule has 0 aliphatic heterocycles. The molecule has 8 heteroatoms. The monoisotopic (exact) mass is 449 g/mol. The molecule has 0 radical (unpaired) electrons. The van der Waals surface area contributed by atoms with Crippen LogP contribution < -0.4 is 11.5 Å². The van der Waals surface area contributed by atoms with Crippen molar-refractivity contribution in [3.05, 3.63) is 52.9 Å². The van der Waals surface area contributed by atoms with Crippen molar-refractivity contribution in [2.75, 3.05) is 5.73 Å². The molecular formula is C25H31N5O3. The summed E-state index contributed by atoms with van der Waals surface area (Å²) in [6.45, 7) is 8.31. The zero-order valence-corrected chi connectivity index (χ0v) is 19.6. The Morgan fingerprint density at radius 1 is 1.21 bits per heavy atom. The summed E-state index contributed by atoms with van der Waals surface area (Å²) in [5, 5.41) is 8.60. The van der Waals surface area contributed by atoms with Gasteiger partial charge in [-0.3, -0.25) is 9.59 Å². The number of amides is 1. The van der Waals surface area contributed by atoms with Gasteiger partial charge in [-0.25, -0.2) is 4.68 Å². The number of hydrogen-bond donors (Lipinski definition) is 2. The predicted molar refractivity (Wildman–Crippen MR) is 126 cm³/mol. The molecule has 1 aliphatic rings. The van der Waals surface area contributed by atoms with Crippen LogP contribution in [0.5, 0.6) is 0 Å². The third-order valence-electron chi connectivity index (χ3n) is 6.63. The van der Waals surface area contributed by atoms with E-state index in [1.165, 1.54) is 6.42 Å². The smallest absolute Gasteiger partial charge is 0.254 e. The van der Waals surface area contributed by atoms with Crippen LogP contribution in [0.25, 0.3) is 11.3 Å². The molecule has 1 atom stereocenters. The van der Waals surface area contributed by atoms with E-state index in [1.54, 1.807) is 4.68 Å². The van der Waals surface area contributed by atoms with Crippen LogP contribution in [-0.4, -0.2) is 26.6 Å². The Kier molecular flexibility index (Phi) is 5.86. The lowest BCUT2D eigenvalue weighted by molar-refractivity contribution is -0.117. The summed E-state index contributed by atoms with van der Waals surface area (Å²) in [5.74, 6) is 0.945. The van der Waals surface area contributed by atoms with Gasteiger partial charge in [0, 0.05) is 30.0 Å². The second-order valence-corrected chi connectivity index (χ2v) is 9.90. The normalized spacial score (nSPS) is 17.2. The zero-order valence-electron chi connectivity index (χ0n) is 19.6. The maximum Gasteiger partial charge on any atom is 0.254 e. The number of carbonyl (C=O) groups excluding carboxylic acids is 2. The van der Waals surface area contributed by atoms with E-state index in [9.17, 15) is 9.59 Å². The van der Waals surface area contributed by atoms with Crippen LogP contribution >= 0.6 is 0 Å². The van der Waals surface area contributed by atoms with E-state index < -0.39 is 5.91 Å². The van der Waals surface area contributed by atoms with Crippen LogP contribution in [0, 0.1) is 5.41 Å². The van der Waals surface area contributed by atoms with Crippen LogP contribution in [0.3, 0.4) is 0 Å². The number of aromatic nitrogens is 3. The van der Waals surface area contributed by atoms with Gasteiger partial charge in [0.1, 0.15) is 28.6 Å². The fraction of sp³-hybridized carbons (Fsp3) is 0.440. The van der Waals surface area contributed by atoms with Crippen molar-refractivity contribution >= 4 is 17.5 Å². The highest BCUT2D eigenvalue weighted by molar-refractivity contribution is 6.03. The highest BCUT2D eigenvalue weighted by atomic mass is 16.5. The SMILES string of the molecule is CC(C)n1nc(-c2ccc(CC(=O)Cc3cc(C4CCC4(C)C)on3)cc2)c(C(N)=O)c1N. The Labute approximate surface area is 193 Å². The molecule has 1 saturated carbocycles. The summed E-state index contributed by atoms with van der Waals surface area (Å²) in [6, 6.07) is 9.28. The lowest BCUT2D eigenvalue weighted by Gasteiger charge is -2.42. The zero-order chi connectivity index (χ0) is 23.9. The standard InChI is InChI=1S/C25H31N5O3/c1-14(2)30-23(26)21(24(27)32)22(28-30)16-7-5-15(6-8-16)11-18(31)12-17-13-20(33-29-17)19-9-10-25(19,3)4/h5-8,13-14,19H,9-12,26H2,1-4H3,(H2,27,32). The van der Waals surface area contributed by atoms with Crippen molar-refractivity contribution in [1.82, 2.24) is 14.9 Å². The van der Waals surface area contributed by atoms with Gasteiger partial charge in [0.15, 0.2) is 0 Å². The Balaban J connectivity index is 1.44. The number of rotatable bonds is 8. The molecule has 1 amide bonds. The number of nitrogens with zero attached hydrogens (tertiary/aromatic N) is 3. The number of carbonyl (C=O) groups is 2. The highest BCUT2D eigenvalue weighted by Crippen LogP contribution is 2.52. The second kappa shape index (κ2) is 8.50. The van der Waals surface area contributed by atoms with Crippen LogP contribution in [0.4, 0.5) is 5.82 Å². The first-order chi connectivity index (χ1) is 15.6. The third kappa shape index (κ3) is 4.42. The lowest BCUT2D eigenvalue weighted by atomic mass is 9.61. The highest BCUT2D eigenvalue weighted by Gasteiger charge is 2.41. The minimum Gasteiger partial charge on any atom is -0.383 e. The maximum absolute atomic E-state index is 12.6. The number of nitrogens with two attached hydrogens (primary N) is 2. The van der Waals surface area contributed by atoms with Crippen LogP contribution in [0.2, 0.25) is 0 Å². The number of hydrogen-bond acceptors (Lipinski definition) is 6. The number of primary amides is 1. The van der Waals surface area contributed by atoms with Crippen LogP contribution in [0.1, 0.15) is 79.9 Å². The van der Waals surface area contributed by atoms with Gasteiger partial charge in [-0.05, 0) is 37.7 Å². The summed E-state index contributed by atoms with van der Waals surface area (Å²) in [4.78, 5) is 24.6. The Hall–Kier alpha value is -3.42. The minimum atomic E-state index is -0.620. The predicted octanol–water partition coefficient (Wildman–Crippen LogP) is 4.06. The average molecular weight is 450 g/mol. The summed E-state index contributed by atoms with van der Waals surface area (Å²) in [5.41, 5.74) is 14.8. The van der Waals surface area contributed by atoms with E-state index >= 15 is 0 Å². The molecule has 2 heterocycles. The first-order valence-corrected chi connectivity index (χ1v) is 11.3. The first-order valence-electron chi connectivity index (χ1n) is 11.3. The fourth-order valence-electron chi connectivity index (χ4n) is 4.53. The number of nitrogen functional groups attached to an aromatic ring is 1. The topological polar surface area (TPSA) is 130 Å². The molecule has 1 unspecified atom stereocenters. The van der Waals surface area contributed by atoms with Gasteiger partial charge in [0.05, 0.1) is 12.1 Å². The molecule has 4 N–H and O–H groups in total. The van der Waals surface area contributed by atoms with Crippen LogP contribution in [-0.2, 0) is 17.6 Å². The van der Waals surface area contributed by atoms with Gasteiger partial charge in [0.25, 0.3) is 5.91 Å². The summed E-state index contributed by atoms with van der Waals surface area (Å²) < 4.78 is 7.11. The van der Waals surface area contributed by atoms with Crippen molar-refractivity contribution in [3.8, 4) is 11.3 Å². The first kappa shape index (κ1) is 22.8. The average Bonchev–Trinajstić information content (AvgIpc) is 3.31.